The molecule has 96 valence electrons. The van der Waals surface area contributed by atoms with Crippen LogP contribution in [0, 0.1) is 6.92 Å². The second kappa shape index (κ2) is 5.67. The van der Waals surface area contributed by atoms with Gasteiger partial charge in [0.1, 0.15) is 0 Å². The van der Waals surface area contributed by atoms with Gasteiger partial charge in [0.25, 0.3) is 11.1 Å². The molecule has 0 bridgehead atoms. The van der Waals surface area contributed by atoms with E-state index in [1.54, 1.807) is 49.4 Å². The summed E-state index contributed by atoms with van der Waals surface area (Å²) >= 11 is 5.48. The lowest BCUT2D eigenvalue weighted by atomic mass is 10.1. The lowest BCUT2D eigenvalue weighted by molar-refractivity contribution is 0.102. The van der Waals surface area contributed by atoms with Crippen LogP contribution in [0.4, 0.5) is 5.69 Å². The van der Waals surface area contributed by atoms with Crippen molar-refractivity contribution < 1.29 is 9.59 Å². The molecule has 2 rings (SSSR count). The molecule has 0 radical (unpaired) electrons. The Morgan fingerprint density at radius 2 is 1.74 bits per heavy atom. The molecule has 2 aromatic carbocycles. The maximum absolute atomic E-state index is 12.0. The van der Waals surface area contributed by atoms with Crippen LogP contribution in [0.15, 0.2) is 48.5 Å². The van der Waals surface area contributed by atoms with Crippen LogP contribution in [-0.4, -0.2) is 11.1 Å². The minimum Gasteiger partial charge on any atom is -0.322 e. The number of nitrogens with one attached hydrogen (secondary N) is 1. The van der Waals surface area contributed by atoms with E-state index < -0.39 is 5.24 Å². The van der Waals surface area contributed by atoms with Crippen LogP contribution in [0.5, 0.6) is 0 Å². The SMILES string of the molecule is Cc1ccc(NC(=O)c2ccccc2)cc1C(=O)Cl. The number of rotatable bonds is 3. The zero-order valence-corrected chi connectivity index (χ0v) is 11.1. The van der Waals surface area contributed by atoms with Gasteiger partial charge in [-0.2, -0.15) is 0 Å². The van der Waals surface area contributed by atoms with E-state index in [-0.39, 0.29) is 5.91 Å². The normalized spacial score (nSPS) is 10.0. The molecule has 0 fully saturated rings. The number of amides is 1. The van der Waals surface area contributed by atoms with Crippen molar-refractivity contribution in [2.75, 3.05) is 5.32 Å². The largest absolute Gasteiger partial charge is 0.322 e. The van der Waals surface area contributed by atoms with Crippen molar-refractivity contribution in [1.29, 1.82) is 0 Å². The molecule has 4 heteroatoms. The molecule has 0 saturated carbocycles. The lowest BCUT2D eigenvalue weighted by Crippen LogP contribution is -2.12. The molecule has 0 aliphatic rings. The highest BCUT2D eigenvalue weighted by Crippen LogP contribution is 2.18. The summed E-state index contributed by atoms with van der Waals surface area (Å²) in [6.07, 6.45) is 0. The third-order valence-electron chi connectivity index (χ3n) is 2.74. The lowest BCUT2D eigenvalue weighted by Gasteiger charge is -2.07. The highest BCUT2D eigenvalue weighted by molar-refractivity contribution is 6.68. The van der Waals surface area contributed by atoms with Crippen LogP contribution in [-0.2, 0) is 0 Å². The molecule has 0 saturated heterocycles. The van der Waals surface area contributed by atoms with E-state index in [0.29, 0.717) is 16.8 Å². The van der Waals surface area contributed by atoms with Crippen molar-refractivity contribution >= 4 is 28.4 Å². The van der Waals surface area contributed by atoms with Gasteiger partial charge in [-0.05, 0) is 48.4 Å². The molecule has 0 spiro atoms. The second-order valence-corrected chi connectivity index (χ2v) is 4.47. The van der Waals surface area contributed by atoms with Crippen LogP contribution in [0.2, 0.25) is 0 Å². The highest BCUT2D eigenvalue weighted by atomic mass is 35.5. The zero-order valence-electron chi connectivity index (χ0n) is 10.3. The van der Waals surface area contributed by atoms with Gasteiger partial charge in [-0.25, -0.2) is 0 Å². The number of halogens is 1. The van der Waals surface area contributed by atoms with Crippen molar-refractivity contribution in [3.05, 3.63) is 65.2 Å². The molecule has 19 heavy (non-hydrogen) atoms. The summed E-state index contributed by atoms with van der Waals surface area (Å²) in [5.41, 5.74) is 2.27. The van der Waals surface area contributed by atoms with Crippen molar-refractivity contribution in [3.8, 4) is 0 Å². The van der Waals surface area contributed by atoms with E-state index in [1.807, 2.05) is 6.07 Å². The zero-order chi connectivity index (χ0) is 13.8. The predicted octanol–water partition coefficient (Wildman–Crippen LogP) is 3.63. The summed E-state index contributed by atoms with van der Waals surface area (Å²) in [4.78, 5) is 23.2. The summed E-state index contributed by atoms with van der Waals surface area (Å²) in [6, 6.07) is 13.9. The van der Waals surface area contributed by atoms with Crippen LogP contribution in [0.3, 0.4) is 0 Å². The van der Waals surface area contributed by atoms with Crippen LogP contribution in [0.25, 0.3) is 0 Å². The molecule has 2 aromatic rings. The monoisotopic (exact) mass is 273 g/mol. The van der Waals surface area contributed by atoms with Gasteiger partial charge < -0.3 is 5.32 Å². The second-order valence-electron chi connectivity index (χ2n) is 4.12. The fourth-order valence-corrected chi connectivity index (χ4v) is 1.91. The summed E-state index contributed by atoms with van der Waals surface area (Å²) in [6.45, 7) is 1.79. The molecular weight excluding hydrogens is 262 g/mol. The van der Waals surface area contributed by atoms with Gasteiger partial charge in [-0.1, -0.05) is 24.3 Å². The number of benzene rings is 2. The molecule has 0 unspecified atom stereocenters. The highest BCUT2D eigenvalue weighted by Gasteiger charge is 2.09. The number of carbonyl (C=O) groups excluding carboxylic acids is 2. The van der Waals surface area contributed by atoms with E-state index >= 15 is 0 Å². The van der Waals surface area contributed by atoms with E-state index in [2.05, 4.69) is 5.32 Å². The number of hydrogen-bond donors (Lipinski definition) is 1. The van der Waals surface area contributed by atoms with Gasteiger partial charge in [0, 0.05) is 16.8 Å². The Morgan fingerprint density at radius 3 is 2.37 bits per heavy atom. The fourth-order valence-electron chi connectivity index (χ4n) is 1.70. The summed E-state index contributed by atoms with van der Waals surface area (Å²) in [7, 11) is 0. The first-order valence-corrected chi connectivity index (χ1v) is 6.12. The first-order valence-electron chi connectivity index (χ1n) is 5.75. The number of carbonyl (C=O) groups is 2. The van der Waals surface area contributed by atoms with Gasteiger partial charge in [0.15, 0.2) is 0 Å². The van der Waals surface area contributed by atoms with E-state index in [0.717, 1.165) is 5.56 Å². The van der Waals surface area contributed by atoms with Crippen LogP contribution >= 0.6 is 11.6 Å². The van der Waals surface area contributed by atoms with Gasteiger partial charge in [-0.15, -0.1) is 0 Å². The molecular formula is C15H12ClNO2. The Hall–Kier alpha value is -2.13. The van der Waals surface area contributed by atoms with Crippen molar-refractivity contribution in [1.82, 2.24) is 0 Å². The predicted molar refractivity (Wildman–Crippen MR) is 75.8 cm³/mol. The minimum atomic E-state index is -0.534. The number of aryl methyl sites for hydroxylation is 1. The Labute approximate surface area is 116 Å². The third-order valence-corrected chi connectivity index (χ3v) is 2.95. The first-order chi connectivity index (χ1) is 9.08. The average molecular weight is 274 g/mol. The Balaban J connectivity index is 2.23. The van der Waals surface area contributed by atoms with E-state index in [4.69, 9.17) is 11.6 Å². The molecule has 0 atom stereocenters. The summed E-state index contributed by atoms with van der Waals surface area (Å²) in [5.74, 6) is -0.225. The van der Waals surface area contributed by atoms with Crippen LogP contribution in [0.1, 0.15) is 26.3 Å². The molecule has 0 aromatic heterocycles. The van der Waals surface area contributed by atoms with Crippen molar-refractivity contribution in [2.24, 2.45) is 0 Å². The maximum Gasteiger partial charge on any atom is 0.255 e. The molecule has 1 N–H and O–H groups in total. The Kier molecular flexibility index (Phi) is 3.97. The van der Waals surface area contributed by atoms with E-state index in [1.165, 1.54) is 0 Å². The summed E-state index contributed by atoms with van der Waals surface area (Å²) in [5, 5.41) is 2.20. The standard InChI is InChI=1S/C15H12ClNO2/c1-10-7-8-12(9-13(10)14(16)18)17-15(19)11-5-3-2-4-6-11/h2-9H,1H3,(H,17,19). The summed E-state index contributed by atoms with van der Waals surface area (Å²) < 4.78 is 0. The van der Waals surface area contributed by atoms with Crippen molar-refractivity contribution in [3.63, 3.8) is 0 Å². The van der Waals surface area contributed by atoms with Gasteiger partial charge in [0.05, 0.1) is 0 Å². The molecule has 0 aliphatic carbocycles. The fraction of sp³-hybridized carbons (Fsp3) is 0.0667. The third kappa shape index (κ3) is 3.20. The average Bonchev–Trinajstić information content (AvgIpc) is 2.41. The number of anilines is 1. The van der Waals surface area contributed by atoms with Crippen molar-refractivity contribution in [2.45, 2.75) is 6.92 Å². The maximum atomic E-state index is 12.0. The topological polar surface area (TPSA) is 46.2 Å². The minimum absolute atomic E-state index is 0.225. The smallest absolute Gasteiger partial charge is 0.255 e. The molecule has 0 heterocycles. The first kappa shape index (κ1) is 13.3. The molecule has 0 aliphatic heterocycles. The van der Waals surface area contributed by atoms with Crippen LogP contribution < -0.4 is 5.32 Å². The van der Waals surface area contributed by atoms with Gasteiger partial charge in [-0.3, -0.25) is 9.59 Å². The molecule has 3 nitrogen and oxygen atoms in total. The van der Waals surface area contributed by atoms with E-state index in [9.17, 15) is 9.59 Å². The van der Waals surface area contributed by atoms with Gasteiger partial charge >= 0.3 is 0 Å². The Bertz CT molecular complexity index is 623. The van der Waals surface area contributed by atoms with Gasteiger partial charge in [0.2, 0.25) is 0 Å². The molecule has 1 amide bonds. The number of hydrogen-bond acceptors (Lipinski definition) is 2. The Morgan fingerprint density at radius 1 is 1.05 bits per heavy atom. The quantitative estimate of drug-likeness (QED) is 0.868.